The van der Waals surface area contributed by atoms with Crippen molar-refractivity contribution >= 4 is 35.6 Å². The largest absolute Gasteiger partial charge is 2.00 e. The van der Waals surface area contributed by atoms with Crippen molar-refractivity contribution in [3.8, 4) is 5.69 Å². The molecule has 0 atom stereocenters. The fourth-order valence-electron chi connectivity index (χ4n) is 2.02. The molecule has 0 bridgehead atoms. The molecule has 1 heterocycles. The van der Waals surface area contributed by atoms with Gasteiger partial charge in [0.1, 0.15) is 0 Å². The summed E-state index contributed by atoms with van der Waals surface area (Å²) >= 11 is 0. The van der Waals surface area contributed by atoms with Crippen LogP contribution in [0.4, 0.5) is 0 Å². The number of halogens is 2. The minimum absolute atomic E-state index is 0. The van der Waals surface area contributed by atoms with Crippen LogP contribution in [-0.2, 0) is 26.2 Å². The molecule has 0 saturated carbocycles. The molecule has 0 unspecified atom stereocenters. The average Bonchev–Trinajstić information content (AvgIpc) is 3.21. The summed E-state index contributed by atoms with van der Waals surface area (Å²) in [7, 11) is 0. The molecule has 1 aliphatic rings. The van der Waals surface area contributed by atoms with Crippen molar-refractivity contribution in [2.45, 2.75) is 6.42 Å². The summed E-state index contributed by atoms with van der Waals surface area (Å²) in [5, 5.41) is 10.1. The van der Waals surface area contributed by atoms with Gasteiger partial charge in [-0.3, -0.25) is 6.08 Å². The minimum atomic E-state index is 0. The number of allylic oxidation sites excluding steroid dienone is 4. The Bertz CT molecular complexity index is 708. The van der Waals surface area contributed by atoms with E-state index in [9.17, 15) is 0 Å². The standard InChI is InChI=1S/C11H8N3.C5H5.2ClH.Zr/c1-2-4-10-9(3-1)5-6-11(10)14-7-12-13-8-14;1-2-4-5-3-1;;;/h1-8H;1-3H,4H2;2*1H;/q2*-1;;;+2. The summed E-state index contributed by atoms with van der Waals surface area (Å²) in [6.45, 7) is 0. The molecule has 0 N–H and O–H groups in total. The van der Waals surface area contributed by atoms with Gasteiger partial charge in [0.25, 0.3) is 0 Å². The Labute approximate surface area is 161 Å². The Morgan fingerprint density at radius 3 is 2.36 bits per heavy atom. The maximum absolute atomic E-state index is 3.80. The first-order valence-electron chi connectivity index (χ1n) is 6.16. The van der Waals surface area contributed by atoms with Gasteiger partial charge in [0.15, 0.2) is 0 Å². The number of aromatic nitrogens is 3. The average molecular weight is 411 g/mol. The second-order valence-electron chi connectivity index (χ2n) is 4.18. The van der Waals surface area contributed by atoms with E-state index in [0.29, 0.717) is 0 Å². The number of benzene rings is 1. The van der Waals surface area contributed by atoms with E-state index in [0.717, 1.165) is 12.1 Å². The first-order valence-corrected chi connectivity index (χ1v) is 6.16. The molecule has 0 fully saturated rings. The predicted octanol–water partition coefficient (Wildman–Crippen LogP) is 4.29. The normalized spacial score (nSPS) is 10.9. The third-order valence-corrected chi connectivity index (χ3v) is 2.94. The van der Waals surface area contributed by atoms with Gasteiger partial charge < -0.3 is 4.57 Å². The van der Waals surface area contributed by atoms with Gasteiger partial charge in [-0.05, 0) is 5.69 Å². The van der Waals surface area contributed by atoms with Crippen molar-refractivity contribution in [1.82, 2.24) is 14.8 Å². The first-order chi connectivity index (χ1) is 9.45. The fourth-order valence-corrected chi connectivity index (χ4v) is 2.02. The molecule has 1 aromatic heterocycles. The third-order valence-electron chi connectivity index (χ3n) is 2.94. The second kappa shape index (κ2) is 10.6. The van der Waals surface area contributed by atoms with Gasteiger partial charge in [-0.2, -0.15) is 16.3 Å². The molecule has 3 aromatic rings. The van der Waals surface area contributed by atoms with Gasteiger partial charge in [0, 0.05) is 0 Å². The molecule has 3 nitrogen and oxygen atoms in total. The third kappa shape index (κ3) is 4.98. The second-order valence-corrected chi connectivity index (χ2v) is 4.18. The topological polar surface area (TPSA) is 30.7 Å². The number of hydrogen-bond acceptors (Lipinski definition) is 2. The molecular formula is C16H15Cl2N3Zr. The van der Waals surface area contributed by atoms with E-state index in [4.69, 9.17) is 0 Å². The molecule has 0 radical (unpaired) electrons. The van der Waals surface area contributed by atoms with Crippen LogP contribution in [-0.4, -0.2) is 14.8 Å². The Hall–Kier alpha value is -1.09. The van der Waals surface area contributed by atoms with E-state index >= 15 is 0 Å². The Kier molecular flexibility index (Phi) is 10.1. The van der Waals surface area contributed by atoms with Gasteiger partial charge >= 0.3 is 26.2 Å². The Morgan fingerprint density at radius 1 is 1.05 bits per heavy atom. The summed E-state index contributed by atoms with van der Waals surface area (Å²) in [5.41, 5.74) is 1.13. The summed E-state index contributed by atoms with van der Waals surface area (Å²) in [4.78, 5) is 0. The van der Waals surface area contributed by atoms with Crippen LogP contribution in [0.5, 0.6) is 0 Å². The molecular weight excluding hydrogens is 396 g/mol. The Balaban J connectivity index is 0.000000482. The maximum atomic E-state index is 3.80. The van der Waals surface area contributed by atoms with Gasteiger partial charge in [0.2, 0.25) is 0 Å². The van der Waals surface area contributed by atoms with Crippen molar-refractivity contribution in [3.05, 3.63) is 73.4 Å². The van der Waals surface area contributed by atoms with Crippen LogP contribution in [0, 0.1) is 6.08 Å². The van der Waals surface area contributed by atoms with E-state index in [1.807, 2.05) is 28.9 Å². The van der Waals surface area contributed by atoms with Crippen LogP contribution < -0.4 is 0 Å². The van der Waals surface area contributed by atoms with E-state index in [-0.39, 0.29) is 51.0 Å². The zero-order valence-corrected chi connectivity index (χ0v) is 15.8. The van der Waals surface area contributed by atoms with Crippen LogP contribution >= 0.6 is 24.8 Å². The van der Waals surface area contributed by atoms with Gasteiger partial charge in [-0.25, -0.2) is 12.2 Å². The van der Waals surface area contributed by atoms with Gasteiger partial charge in [-0.1, -0.05) is 35.0 Å². The molecule has 0 amide bonds. The van der Waals surface area contributed by atoms with Crippen LogP contribution in [0.25, 0.3) is 16.5 Å². The Morgan fingerprint density at radius 2 is 1.77 bits per heavy atom. The van der Waals surface area contributed by atoms with E-state index in [1.54, 1.807) is 12.7 Å². The van der Waals surface area contributed by atoms with Crippen molar-refractivity contribution in [2.24, 2.45) is 0 Å². The van der Waals surface area contributed by atoms with Crippen molar-refractivity contribution in [2.75, 3.05) is 0 Å². The predicted molar refractivity (Wildman–Crippen MR) is 90.5 cm³/mol. The number of nitrogens with zero attached hydrogens (tertiary/aromatic N) is 3. The summed E-state index contributed by atoms with van der Waals surface area (Å²) < 4.78 is 1.92. The number of hydrogen-bond donors (Lipinski definition) is 0. The molecule has 4 rings (SSSR count). The SMILES string of the molecule is Cl.Cl.[C-]1=CC=CC1.[Zr+2].c1ccc2c(c1)cc[c-]2-n1cnnc1. The minimum Gasteiger partial charge on any atom is -0.370 e. The molecule has 1 aliphatic carbocycles. The molecule has 2 aromatic carbocycles. The summed E-state index contributed by atoms with van der Waals surface area (Å²) in [6, 6.07) is 12.5. The zero-order valence-electron chi connectivity index (χ0n) is 11.7. The number of fused-ring (bicyclic) bond motifs is 1. The molecule has 112 valence electrons. The summed E-state index contributed by atoms with van der Waals surface area (Å²) in [5.74, 6) is 0. The molecule has 0 spiro atoms. The van der Waals surface area contributed by atoms with Crippen LogP contribution in [0.3, 0.4) is 0 Å². The first kappa shape index (κ1) is 20.9. The van der Waals surface area contributed by atoms with Gasteiger partial charge in [-0.15, -0.1) is 43.4 Å². The smallest absolute Gasteiger partial charge is 0.370 e. The van der Waals surface area contributed by atoms with E-state index in [1.165, 1.54) is 10.8 Å². The van der Waals surface area contributed by atoms with Crippen molar-refractivity contribution in [3.63, 3.8) is 0 Å². The molecule has 6 heteroatoms. The zero-order chi connectivity index (χ0) is 12.9. The van der Waals surface area contributed by atoms with E-state index < -0.39 is 0 Å². The fraction of sp³-hybridized carbons (Fsp3) is 0.0625. The molecule has 0 saturated heterocycles. The van der Waals surface area contributed by atoms with Crippen LogP contribution in [0.15, 0.2) is 67.3 Å². The van der Waals surface area contributed by atoms with E-state index in [2.05, 4.69) is 46.6 Å². The van der Waals surface area contributed by atoms with Crippen molar-refractivity contribution in [1.29, 1.82) is 0 Å². The maximum Gasteiger partial charge on any atom is 2.00 e. The number of rotatable bonds is 1. The molecule has 22 heavy (non-hydrogen) atoms. The van der Waals surface area contributed by atoms with Gasteiger partial charge in [0.05, 0.1) is 12.7 Å². The molecule has 0 aliphatic heterocycles. The monoisotopic (exact) mass is 409 g/mol. The van der Waals surface area contributed by atoms with Crippen molar-refractivity contribution < 1.29 is 26.2 Å². The van der Waals surface area contributed by atoms with Crippen LogP contribution in [0.1, 0.15) is 6.42 Å². The summed E-state index contributed by atoms with van der Waals surface area (Å²) in [6.07, 6.45) is 13.4. The van der Waals surface area contributed by atoms with Crippen LogP contribution in [0.2, 0.25) is 0 Å². The quantitative estimate of drug-likeness (QED) is 0.560.